The number of nitrogens with one attached hydrogen (secondary N) is 1. The summed E-state index contributed by atoms with van der Waals surface area (Å²) in [6.45, 7) is 8.54. The molecule has 2 N–H and O–H groups in total. The fourth-order valence-electron chi connectivity index (χ4n) is 2.27. The van der Waals surface area contributed by atoms with Crippen LogP contribution in [0.15, 0.2) is 18.2 Å². The van der Waals surface area contributed by atoms with Gasteiger partial charge in [-0.2, -0.15) is 8.78 Å². The van der Waals surface area contributed by atoms with Crippen LogP contribution in [-0.4, -0.2) is 22.4 Å². The molecule has 4 nitrogen and oxygen atoms in total. The summed E-state index contributed by atoms with van der Waals surface area (Å²) in [7, 11) is 0. The lowest BCUT2D eigenvalue weighted by atomic mass is 9.89. The molecule has 0 radical (unpaired) electrons. The van der Waals surface area contributed by atoms with E-state index >= 15 is 0 Å². The van der Waals surface area contributed by atoms with Crippen molar-refractivity contribution in [2.45, 2.75) is 64.7 Å². The van der Waals surface area contributed by atoms with E-state index in [1.54, 1.807) is 20.8 Å². The van der Waals surface area contributed by atoms with Crippen LogP contribution in [0.4, 0.5) is 18.0 Å². The van der Waals surface area contributed by atoms with Gasteiger partial charge in [-0.1, -0.05) is 18.1 Å². The third kappa shape index (κ3) is 4.92. The molecule has 1 aromatic carbocycles. The van der Waals surface area contributed by atoms with Gasteiger partial charge >= 0.3 is 12.0 Å². The fourth-order valence-corrected chi connectivity index (χ4v) is 2.27. The smallest absolute Gasteiger partial charge is 0.408 e. The highest BCUT2D eigenvalue weighted by Gasteiger charge is 2.51. The van der Waals surface area contributed by atoms with Crippen LogP contribution in [0.25, 0.3) is 0 Å². The molecule has 0 spiro atoms. The van der Waals surface area contributed by atoms with Crippen LogP contribution in [0.2, 0.25) is 0 Å². The zero-order valence-corrected chi connectivity index (χ0v) is 15.7. The molecule has 0 aliphatic heterocycles. The van der Waals surface area contributed by atoms with Crippen molar-refractivity contribution < 1.29 is 27.8 Å². The van der Waals surface area contributed by atoms with Crippen molar-refractivity contribution in [2.75, 3.05) is 0 Å². The molecule has 7 heteroatoms. The standard InChI is InChI=1S/C19H24F3NO3/c1-7-11-18(6,25)19(21,22)14-10-8-9-13(15(14)20)12(2)23-16(24)26-17(3,4)5/h8-10,12,25H,1-6H3,(H,23,24)/t12-,18-/m1/s1. The van der Waals surface area contributed by atoms with E-state index in [1.165, 1.54) is 26.0 Å². The highest BCUT2D eigenvalue weighted by Crippen LogP contribution is 2.41. The van der Waals surface area contributed by atoms with Gasteiger partial charge in [0, 0.05) is 5.56 Å². The number of aliphatic hydroxyl groups is 1. The van der Waals surface area contributed by atoms with E-state index in [2.05, 4.69) is 11.2 Å². The predicted molar refractivity (Wildman–Crippen MR) is 92.2 cm³/mol. The summed E-state index contributed by atoms with van der Waals surface area (Å²) in [5, 5.41) is 12.3. The molecule has 0 saturated carbocycles. The van der Waals surface area contributed by atoms with Crippen molar-refractivity contribution in [3.8, 4) is 11.8 Å². The average molecular weight is 371 g/mol. The second-order valence-electron chi connectivity index (χ2n) is 7.10. The van der Waals surface area contributed by atoms with Crippen LogP contribution in [0, 0.1) is 17.7 Å². The number of rotatable bonds is 4. The molecular weight excluding hydrogens is 347 g/mol. The molecule has 0 fully saturated rings. The van der Waals surface area contributed by atoms with E-state index in [0.717, 1.165) is 13.0 Å². The Labute approximate surface area is 151 Å². The topological polar surface area (TPSA) is 58.6 Å². The summed E-state index contributed by atoms with van der Waals surface area (Å²) in [5.74, 6) is -0.973. The fraction of sp³-hybridized carbons (Fsp3) is 0.526. The molecule has 0 aromatic heterocycles. The Balaban J connectivity index is 3.20. The maximum absolute atomic E-state index is 14.7. The first-order chi connectivity index (χ1) is 11.7. The Morgan fingerprint density at radius 1 is 1.27 bits per heavy atom. The number of halogens is 3. The van der Waals surface area contributed by atoms with Crippen LogP contribution < -0.4 is 5.32 Å². The number of alkyl halides is 2. The molecule has 1 aromatic rings. The molecular formula is C19H24F3NO3. The van der Waals surface area contributed by atoms with Gasteiger partial charge in [0.2, 0.25) is 0 Å². The van der Waals surface area contributed by atoms with Gasteiger partial charge in [-0.05, 0) is 47.6 Å². The van der Waals surface area contributed by atoms with E-state index in [4.69, 9.17) is 4.74 Å². The summed E-state index contributed by atoms with van der Waals surface area (Å²) in [4.78, 5) is 11.8. The van der Waals surface area contributed by atoms with Gasteiger partial charge in [-0.25, -0.2) is 9.18 Å². The molecule has 0 unspecified atom stereocenters. The van der Waals surface area contributed by atoms with Crippen molar-refractivity contribution in [3.05, 3.63) is 35.1 Å². The molecule has 0 bridgehead atoms. The summed E-state index contributed by atoms with van der Waals surface area (Å²) in [6, 6.07) is 2.45. The van der Waals surface area contributed by atoms with Gasteiger partial charge in [0.15, 0.2) is 5.60 Å². The number of amides is 1. The van der Waals surface area contributed by atoms with E-state index in [9.17, 15) is 23.1 Å². The summed E-state index contributed by atoms with van der Waals surface area (Å²) < 4.78 is 49.0. The van der Waals surface area contributed by atoms with E-state index < -0.39 is 40.6 Å². The highest BCUT2D eigenvalue weighted by molar-refractivity contribution is 5.68. The largest absolute Gasteiger partial charge is 0.444 e. The van der Waals surface area contributed by atoms with Gasteiger partial charge in [0.1, 0.15) is 11.4 Å². The molecule has 1 rings (SSSR count). The lowest BCUT2D eigenvalue weighted by Crippen LogP contribution is -2.43. The second kappa shape index (κ2) is 7.58. The van der Waals surface area contributed by atoms with Crippen LogP contribution in [0.5, 0.6) is 0 Å². The lowest BCUT2D eigenvalue weighted by molar-refractivity contribution is -0.148. The highest BCUT2D eigenvalue weighted by atomic mass is 19.3. The zero-order valence-electron chi connectivity index (χ0n) is 15.7. The quantitative estimate of drug-likeness (QED) is 0.777. The molecule has 144 valence electrons. The van der Waals surface area contributed by atoms with Crippen molar-refractivity contribution in [1.29, 1.82) is 0 Å². The van der Waals surface area contributed by atoms with Gasteiger partial charge in [-0.3, -0.25) is 0 Å². The minimum absolute atomic E-state index is 0.159. The number of hydrogen-bond donors (Lipinski definition) is 2. The Hall–Kier alpha value is -2.20. The number of benzene rings is 1. The van der Waals surface area contributed by atoms with E-state index in [0.29, 0.717) is 0 Å². The molecule has 0 aliphatic rings. The Bertz CT molecular complexity index is 728. The first-order valence-corrected chi connectivity index (χ1v) is 8.05. The van der Waals surface area contributed by atoms with Crippen molar-refractivity contribution in [1.82, 2.24) is 5.32 Å². The summed E-state index contributed by atoms with van der Waals surface area (Å²) in [6.07, 6.45) is -0.801. The zero-order chi connectivity index (χ0) is 20.3. The third-order valence-corrected chi connectivity index (χ3v) is 3.55. The van der Waals surface area contributed by atoms with Gasteiger partial charge in [0.25, 0.3) is 0 Å². The maximum atomic E-state index is 14.7. The molecule has 0 aliphatic carbocycles. The van der Waals surface area contributed by atoms with Gasteiger partial charge in [-0.15, -0.1) is 5.92 Å². The number of hydrogen-bond acceptors (Lipinski definition) is 3. The SMILES string of the molecule is CC#C[C@@](C)(O)C(F)(F)c1cccc([C@@H](C)NC(=O)OC(C)(C)C)c1F. The second-order valence-corrected chi connectivity index (χ2v) is 7.10. The Kier molecular flexibility index (Phi) is 6.37. The van der Waals surface area contributed by atoms with Crippen molar-refractivity contribution >= 4 is 6.09 Å². The average Bonchev–Trinajstić information content (AvgIpc) is 2.44. The van der Waals surface area contributed by atoms with Crippen LogP contribution in [-0.2, 0) is 10.7 Å². The molecule has 1 amide bonds. The number of alkyl carbamates (subject to hydrolysis) is 1. The minimum Gasteiger partial charge on any atom is -0.444 e. The lowest BCUT2D eigenvalue weighted by Gasteiger charge is -2.29. The van der Waals surface area contributed by atoms with Crippen molar-refractivity contribution in [3.63, 3.8) is 0 Å². The monoisotopic (exact) mass is 371 g/mol. The minimum atomic E-state index is -3.96. The first kappa shape index (κ1) is 21.8. The number of carbonyl (C=O) groups is 1. The molecule has 26 heavy (non-hydrogen) atoms. The normalized spacial score (nSPS) is 15.3. The molecule has 0 heterocycles. The van der Waals surface area contributed by atoms with Crippen LogP contribution in [0.1, 0.15) is 58.7 Å². The Morgan fingerprint density at radius 2 is 1.85 bits per heavy atom. The molecule has 2 atom stereocenters. The van der Waals surface area contributed by atoms with Gasteiger partial charge < -0.3 is 15.2 Å². The van der Waals surface area contributed by atoms with Crippen molar-refractivity contribution in [2.24, 2.45) is 0 Å². The van der Waals surface area contributed by atoms with E-state index in [-0.39, 0.29) is 5.56 Å². The van der Waals surface area contributed by atoms with E-state index in [1.807, 2.05) is 5.92 Å². The summed E-state index contributed by atoms with van der Waals surface area (Å²) >= 11 is 0. The summed E-state index contributed by atoms with van der Waals surface area (Å²) in [5.41, 5.74) is -4.66. The number of ether oxygens (including phenoxy) is 1. The predicted octanol–water partition coefficient (Wildman–Crippen LogP) is 4.28. The maximum Gasteiger partial charge on any atom is 0.408 e. The van der Waals surface area contributed by atoms with Gasteiger partial charge in [0.05, 0.1) is 11.6 Å². The van der Waals surface area contributed by atoms with Crippen LogP contribution in [0.3, 0.4) is 0 Å². The Morgan fingerprint density at radius 3 is 2.35 bits per heavy atom. The molecule has 0 saturated heterocycles. The first-order valence-electron chi connectivity index (χ1n) is 8.05. The number of carbonyl (C=O) groups excluding carboxylic acids is 1. The van der Waals surface area contributed by atoms with Crippen LogP contribution >= 0.6 is 0 Å². The third-order valence-electron chi connectivity index (χ3n) is 3.55.